The molecule has 0 aliphatic carbocycles. The minimum absolute atomic E-state index is 0.0533. The van der Waals surface area contributed by atoms with E-state index >= 15 is 0 Å². The third-order valence-corrected chi connectivity index (χ3v) is 6.51. The molecule has 0 saturated carbocycles. The summed E-state index contributed by atoms with van der Waals surface area (Å²) in [5.74, 6) is 0.177. The van der Waals surface area contributed by atoms with Gasteiger partial charge in [-0.3, -0.25) is 24.6 Å². The second-order valence-corrected chi connectivity index (χ2v) is 8.81. The van der Waals surface area contributed by atoms with Gasteiger partial charge in [-0.2, -0.15) is 0 Å². The van der Waals surface area contributed by atoms with Crippen LogP contribution in [0, 0.1) is 10.1 Å². The zero-order valence-corrected chi connectivity index (χ0v) is 19.0. The SMILES string of the molecule is O=C1S/C(=C\c2ccc(-c3ccc([N+](=O)[O-])cc3Cl)o2)C(=O)N1Cc1c(Cl)cccc1Cl. The first-order valence-electron chi connectivity index (χ1n) is 8.97. The van der Waals surface area contributed by atoms with Gasteiger partial charge in [-0.25, -0.2) is 0 Å². The molecule has 0 radical (unpaired) electrons. The molecule has 1 aliphatic heterocycles. The van der Waals surface area contributed by atoms with Crippen LogP contribution in [-0.4, -0.2) is 21.0 Å². The summed E-state index contributed by atoms with van der Waals surface area (Å²) in [5.41, 5.74) is 0.795. The Balaban J connectivity index is 1.57. The number of amides is 2. The molecular formula is C21H11Cl3N2O5S. The highest BCUT2D eigenvalue weighted by atomic mass is 35.5. The molecular weight excluding hydrogens is 499 g/mol. The number of carbonyl (C=O) groups is 2. The summed E-state index contributed by atoms with van der Waals surface area (Å²) in [6, 6.07) is 12.2. The van der Waals surface area contributed by atoms with Gasteiger partial charge in [0.15, 0.2) is 0 Å². The Labute approximate surface area is 200 Å². The van der Waals surface area contributed by atoms with Gasteiger partial charge in [0.2, 0.25) is 0 Å². The van der Waals surface area contributed by atoms with Crippen molar-refractivity contribution >= 4 is 69.5 Å². The van der Waals surface area contributed by atoms with Gasteiger partial charge in [0.25, 0.3) is 16.8 Å². The number of thioether (sulfide) groups is 1. The first-order valence-corrected chi connectivity index (χ1v) is 10.9. The fraction of sp³-hybridized carbons (Fsp3) is 0.0476. The van der Waals surface area contributed by atoms with E-state index in [2.05, 4.69) is 0 Å². The summed E-state index contributed by atoms with van der Waals surface area (Å²) in [6.07, 6.45) is 1.45. The number of halogens is 3. The third kappa shape index (κ3) is 4.40. The van der Waals surface area contributed by atoms with Crippen LogP contribution in [0.2, 0.25) is 15.1 Å². The lowest BCUT2D eigenvalue weighted by Crippen LogP contribution is -2.27. The molecule has 162 valence electrons. The highest BCUT2D eigenvalue weighted by Crippen LogP contribution is 2.37. The molecule has 0 bridgehead atoms. The molecule has 1 aliphatic rings. The number of non-ortho nitro benzene ring substituents is 1. The summed E-state index contributed by atoms with van der Waals surface area (Å²) in [6.45, 7) is -0.0533. The van der Waals surface area contributed by atoms with E-state index in [1.807, 2.05) is 0 Å². The molecule has 1 fully saturated rings. The number of nitro benzene ring substituents is 1. The smallest absolute Gasteiger partial charge is 0.293 e. The van der Waals surface area contributed by atoms with E-state index in [0.717, 1.165) is 16.7 Å². The van der Waals surface area contributed by atoms with Crippen molar-refractivity contribution in [2.75, 3.05) is 0 Å². The second kappa shape index (κ2) is 8.99. The van der Waals surface area contributed by atoms with Gasteiger partial charge < -0.3 is 4.42 Å². The number of carbonyl (C=O) groups excluding carboxylic acids is 2. The van der Waals surface area contributed by atoms with Crippen LogP contribution in [0.5, 0.6) is 0 Å². The third-order valence-electron chi connectivity index (χ3n) is 4.58. The highest BCUT2D eigenvalue weighted by Gasteiger charge is 2.36. The van der Waals surface area contributed by atoms with Crippen LogP contribution in [0.15, 0.2) is 57.9 Å². The number of nitro groups is 1. The van der Waals surface area contributed by atoms with Gasteiger partial charge in [-0.15, -0.1) is 0 Å². The fourth-order valence-corrected chi connectivity index (χ4v) is 4.60. The molecule has 11 heteroatoms. The van der Waals surface area contributed by atoms with Crippen LogP contribution in [-0.2, 0) is 11.3 Å². The number of nitrogens with zero attached hydrogens (tertiary/aromatic N) is 2. The first kappa shape index (κ1) is 22.4. The number of hydrogen-bond acceptors (Lipinski definition) is 6. The van der Waals surface area contributed by atoms with Crippen molar-refractivity contribution in [2.24, 2.45) is 0 Å². The highest BCUT2D eigenvalue weighted by molar-refractivity contribution is 8.18. The summed E-state index contributed by atoms with van der Waals surface area (Å²) in [5, 5.41) is 11.3. The van der Waals surface area contributed by atoms with Gasteiger partial charge in [-0.1, -0.05) is 40.9 Å². The van der Waals surface area contributed by atoms with E-state index in [0.29, 0.717) is 32.7 Å². The molecule has 3 aromatic rings. The molecule has 4 rings (SSSR count). The Bertz CT molecular complexity index is 1280. The summed E-state index contributed by atoms with van der Waals surface area (Å²) in [4.78, 5) is 36.7. The Morgan fingerprint density at radius 2 is 1.75 bits per heavy atom. The predicted molar refractivity (Wildman–Crippen MR) is 124 cm³/mol. The molecule has 32 heavy (non-hydrogen) atoms. The van der Waals surface area contributed by atoms with E-state index in [9.17, 15) is 19.7 Å². The van der Waals surface area contributed by atoms with Crippen LogP contribution in [0.3, 0.4) is 0 Å². The lowest BCUT2D eigenvalue weighted by Gasteiger charge is -2.14. The van der Waals surface area contributed by atoms with Crippen molar-refractivity contribution in [1.82, 2.24) is 4.90 Å². The van der Waals surface area contributed by atoms with Crippen LogP contribution >= 0.6 is 46.6 Å². The first-order chi connectivity index (χ1) is 15.2. The molecule has 0 unspecified atom stereocenters. The van der Waals surface area contributed by atoms with Crippen molar-refractivity contribution in [3.63, 3.8) is 0 Å². The zero-order chi connectivity index (χ0) is 23.0. The van der Waals surface area contributed by atoms with Crippen LogP contribution in [0.4, 0.5) is 10.5 Å². The maximum atomic E-state index is 12.8. The Morgan fingerprint density at radius 1 is 1.03 bits per heavy atom. The molecule has 7 nitrogen and oxygen atoms in total. The lowest BCUT2D eigenvalue weighted by molar-refractivity contribution is -0.384. The average molecular weight is 510 g/mol. The molecule has 0 atom stereocenters. The van der Waals surface area contributed by atoms with Crippen molar-refractivity contribution < 1.29 is 18.9 Å². The van der Waals surface area contributed by atoms with E-state index in [1.54, 1.807) is 30.3 Å². The Hall–Kier alpha value is -2.78. The largest absolute Gasteiger partial charge is 0.457 e. The van der Waals surface area contributed by atoms with E-state index in [4.69, 9.17) is 39.2 Å². The normalized spacial score (nSPS) is 15.1. The van der Waals surface area contributed by atoms with E-state index in [1.165, 1.54) is 24.3 Å². The molecule has 2 heterocycles. The van der Waals surface area contributed by atoms with Crippen molar-refractivity contribution in [3.05, 3.63) is 89.9 Å². The summed E-state index contributed by atoms with van der Waals surface area (Å²) >= 11 is 19.2. The molecule has 0 N–H and O–H groups in total. The van der Waals surface area contributed by atoms with Crippen LogP contribution in [0.1, 0.15) is 11.3 Å². The van der Waals surface area contributed by atoms with Gasteiger partial charge in [0.05, 0.1) is 21.4 Å². The van der Waals surface area contributed by atoms with Gasteiger partial charge in [0.1, 0.15) is 11.5 Å². The quantitative estimate of drug-likeness (QED) is 0.208. The minimum Gasteiger partial charge on any atom is -0.457 e. The summed E-state index contributed by atoms with van der Waals surface area (Å²) in [7, 11) is 0. The second-order valence-electron chi connectivity index (χ2n) is 6.59. The Kier molecular flexibility index (Phi) is 6.30. The number of benzene rings is 2. The van der Waals surface area contributed by atoms with Crippen molar-refractivity contribution in [3.8, 4) is 11.3 Å². The summed E-state index contributed by atoms with van der Waals surface area (Å²) < 4.78 is 5.72. The zero-order valence-electron chi connectivity index (χ0n) is 15.9. The Morgan fingerprint density at radius 3 is 2.41 bits per heavy atom. The number of hydrogen-bond donors (Lipinski definition) is 0. The fourth-order valence-electron chi connectivity index (χ4n) is 3.00. The van der Waals surface area contributed by atoms with Crippen molar-refractivity contribution in [1.29, 1.82) is 0 Å². The minimum atomic E-state index is -0.546. The number of rotatable bonds is 5. The number of furan rings is 1. The van der Waals surface area contributed by atoms with Crippen molar-refractivity contribution in [2.45, 2.75) is 6.54 Å². The van der Waals surface area contributed by atoms with Gasteiger partial charge in [0, 0.05) is 39.4 Å². The van der Waals surface area contributed by atoms with E-state index in [-0.39, 0.29) is 22.2 Å². The standard InChI is InChI=1S/C21H11Cl3N2O5S/c22-15-2-1-3-16(23)14(15)10-25-20(27)19(32-21(25)28)9-12-5-7-18(31-12)13-6-4-11(26(29)30)8-17(13)24/h1-9H,10H2/b19-9-. The topological polar surface area (TPSA) is 93.7 Å². The molecule has 1 saturated heterocycles. The van der Waals surface area contributed by atoms with Crippen LogP contribution < -0.4 is 0 Å². The van der Waals surface area contributed by atoms with Gasteiger partial charge in [-0.05, 0) is 42.1 Å². The van der Waals surface area contributed by atoms with Crippen LogP contribution in [0.25, 0.3) is 17.4 Å². The predicted octanol–water partition coefficient (Wildman–Crippen LogP) is 7.05. The number of imide groups is 1. The van der Waals surface area contributed by atoms with Gasteiger partial charge >= 0.3 is 0 Å². The molecule has 2 aromatic carbocycles. The monoisotopic (exact) mass is 508 g/mol. The molecule has 1 aromatic heterocycles. The molecule has 2 amide bonds. The maximum Gasteiger partial charge on any atom is 0.293 e. The lowest BCUT2D eigenvalue weighted by atomic mass is 10.1. The maximum absolute atomic E-state index is 12.8. The average Bonchev–Trinajstić information content (AvgIpc) is 3.30. The van der Waals surface area contributed by atoms with E-state index < -0.39 is 16.1 Å². The molecule has 0 spiro atoms.